The third-order valence-corrected chi connectivity index (χ3v) is 2.34. The number of aromatic hydroxyl groups is 1. The van der Waals surface area contributed by atoms with Crippen LogP contribution >= 0.6 is 11.6 Å². The predicted octanol–water partition coefficient (Wildman–Crippen LogP) is 1.58. The van der Waals surface area contributed by atoms with Gasteiger partial charge < -0.3 is 15.0 Å². The minimum absolute atomic E-state index is 0. The number of halogens is 1. The van der Waals surface area contributed by atoms with Gasteiger partial charge in [-0.25, -0.2) is 5.43 Å². The van der Waals surface area contributed by atoms with Gasteiger partial charge in [-0.15, -0.1) is 0 Å². The van der Waals surface area contributed by atoms with Crippen molar-refractivity contribution in [2.24, 2.45) is 5.10 Å². The van der Waals surface area contributed by atoms with E-state index in [1.165, 1.54) is 30.7 Å². The second kappa shape index (κ2) is 6.58. The van der Waals surface area contributed by atoms with Crippen LogP contribution in [0.1, 0.15) is 16.1 Å². The first-order valence-corrected chi connectivity index (χ1v) is 5.40. The number of benzene rings is 1. The minimum Gasteiger partial charge on any atom is -0.507 e. The van der Waals surface area contributed by atoms with Crippen LogP contribution in [0.25, 0.3) is 0 Å². The molecular formula is C12H11ClN2O4. The van der Waals surface area contributed by atoms with Gasteiger partial charge >= 0.3 is 5.91 Å². The number of furan rings is 1. The molecule has 0 saturated heterocycles. The van der Waals surface area contributed by atoms with Gasteiger partial charge in [0, 0.05) is 10.6 Å². The maximum absolute atomic E-state index is 11.4. The fraction of sp³-hybridized carbons (Fsp3) is 0. The van der Waals surface area contributed by atoms with Gasteiger partial charge in [0.15, 0.2) is 5.76 Å². The van der Waals surface area contributed by atoms with Crippen LogP contribution in [-0.2, 0) is 0 Å². The van der Waals surface area contributed by atoms with Gasteiger partial charge in [0.25, 0.3) is 0 Å². The van der Waals surface area contributed by atoms with Gasteiger partial charge in [-0.3, -0.25) is 4.79 Å². The summed E-state index contributed by atoms with van der Waals surface area (Å²) in [5.41, 5.74) is 2.67. The number of rotatable bonds is 3. The number of carbonyl (C=O) groups excluding carboxylic acids is 1. The van der Waals surface area contributed by atoms with Crippen molar-refractivity contribution < 1.29 is 19.8 Å². The summed E-state index contributed by atoms with van der Waals surface area (Å²) in [6.45, 7) is 0. The van der Waals surface area contributed by atoms with E-state index in [1.807, 2.05) is 0 Å². The summed E-state index contributed by atoms with van der Waals surface area (Å²) in [6, 6.07) is 7.64. The van der Waals surface area contributed by atoms with Crippen LogP contribution in [0.5, 0.6) is 5.75 Å². The molecule has 19 heavy (non-hydrogen) atoms. The summed E-state index contributed by atoms with van der Waals surface area (Å²) in [6.07, 6.45) is 2.68. The maximum Gasteiger partial charge on any atom is 0.307 e. The lowest BCUT2D eigenvalue weighted by atomic mass is 10.2. The topological polar surface area (TPSA) is 106 Å². The van der Waals surface area contributed by atoms with Crippen molar-refractivity contribution in [3.05, 3.63) is 52.9 Å². The monoisotopic (exact) mass is 282 g/mol. The molecule has 0 saturated carbocycles. The molecule has 100 valence electrons. The number of hydrogen-bond donors (Lipinski definition) is 2. The SMILES string of the molecule is O.O=C(N/N=C/c1cc(Cl)ccc1O)c1ccco1. The fourth-order valence-corrected chi connectivity index (χ4v) is 1.43. The Kier molecular flexibility index (Phi) is 5.11. The molecule has 1 amide bonds. The smallest absolute Gasteiger partial charge is 0.307 e. The number of phenolic OH excluding ortho intramolecular Hbond substituents is 1. The van der Waals surface area contributed by atoms with Crippen molar-refractivity contribution in [1.29, 1.82) is 0 Å². The molecule has 0 spiro atoms. The van der Waals surface area contributed by atoms with Gasteiger partial charge in [0.05, 0.1) is 12.5 Å². The van der Waals surface area contributed by atoms with E-state index >= 15 is 0 Å². The Morgan fingerprint density at radius 2 is 2.21 bits per heavy atom. The zero-order valence-electron chi connectivity index (χ0n) is 9.63. The van der Waals surface area contributed by atoms with Crippen molar-refractivity contribution in [2.75, 3.05) is 0 Å². The average Bonchev–Trinajstić information content (AvgIpc) is 2.87. The van der Waals surface area contributed by atoms with E-state index in [1.54, 1.807) is 12.1 Å². The molecule has 0 fully saturated rings. The van der Waals surface area contributed by atoms with Gasteiger partial charge in [-0.1, -0.05) is 11.6 Å². The van der Waals surface area contributed by atoms with Crippen LogP contribution in [0.3, 0.4) is 0 Å². The first-order valence-electron chi connectivity index (χ1n) is 5.02. The first kappa shape index (κ1) is 14.7. The maximum atomic E-state index is 11.4. The Labute approximate surface area is 113 Å². The Morgan fingerprint density at radius 1 is 1.42 bits per heavy atom. The van der Waals surface area contributed by atoms with Gasteiger partial charge in [0.2, 0.25) is 0 Å². The highest BCUT2D eigenvalue weighted by Crippen LogP contribution is 2.19. The summed E-state index contributed by atoms with van der Waals surface area (Å²) in [5, 5.41) is 13.7. The molecule has 1 aromatic heterocycles. The van der Waals surface area contributed by atoms with Crippen molar-refractivity contribution in [3.8, 4) is 5.75 Å². The lowest BCUT2D eigenvalue weighted by Gasteiger charge is -1.99. The summed E-state index contributed by atoms with van der Waals surface area (Å²) < 4.78 is 4.88. The van der Waals surface area contributed by atoms with E-state index < -0.39 is 5.91 Å². The average molecular weight is 283 g/mol. The molecule has 2 rings (SSSR count). The lowest BCUT2D eigenvalue weighted by Crippen LogP contribution is -2.16. The van der Waals surface area contributed by atoms with Crippen LogP contribution in [0, 0.1) is 0 Å². The van der Waals surface area contributed by atoms with E-state index in [9.17, 15) is 9.90 Å². The number of hydrogen-bond acceptors (Lipinski definition) is 4. The molecule has 2 aromatic rings. The Balaban J connectivity index is 0.00000180. The Bertz CT molecular complexity index is 581. The molecule has 0 atom stereocenters. The lowest BCUT2D eigenvalue weighted by molar-refractivity contribution is 0.0927. The molecule has 0 bridgehead atoms. The standard InChI is InChI=1S/C12H9ClN2O3.H2O/c13-9-3-4-10(16)8(6-9)7-14-15-12(17)11-2-1-5-18-11;/h1-7,16H,(H,15,17);1H2/b14-7+;. The van der Waals surface area contributed by atoms with Crippen LogP contribution < -0.4 is 5.43 Å². The zero-order valence-corrected chi connectivity index (χ0v) is 10.4. The minimum atomic E-state index is -0.474. The summed E-state index contributed by atoms with van der Waals surface area (Å²) in [4.78, 5) is 11.4. The highest BCUT2D eigenvalue weighted by Gasteiger charge is 2.06. The largest absolute Gasteiger partial charge is 0.507 e. The number of nitrogens with zero attached hydrogens (tertiary/aromatic N) is 1. The molecule has 1 aromatic carbocycles. The third-order valence-electron chi connectivity index (χ3n) is 2.10. The molecule has 0 aliphatic carbocycles. The second-order valence-corrected chi connectivity index (χ2v) is 3.82. The molecule has 0 aliphatic rings. The zero-order chi connectivity index (χ0) is 13.0. The highest BCUT2D eigenvalue weighted by molar-refractivity contribution is 6.30. The van der Waals surface area contributed by atoms with Crippen LogP contribution in [0.15, 0.2) is 46.1 Å². The van der Waals surface area contributed by atoms with E-state index in [4.69, 9.17) is 16.0 Å². The number of hydrazone groups is 1. The van der Waals surface area contributed by atoms with E-state index in [0.29, 0.717) is 10.6 Å². The number of amides is 1. The van der Waals surface area contributed by atoms with Gasteiger partial charge in [0.1, 0.15) is 5.75 Å². The number of phenols is 1. The molecular weight excluding hydrogens is 272 g/mol. The highest BCUT2D eigenvalue weighted by atomic mass is 35.5. The third kappa shape index (κ3) is 3.84. The van der Waals surface area contributed by atoms with Crippen molar-refractivity contribution >= 4 is 23.7 Å². The van der Waals surface area contributed by atoms with Crippen molar-refractivity contribution in [1.82, 2.24) is 5.43 Å². The Morgan fingerprint density at radius 3 is 2.89 bits per heavy atom. The van der Waals surface area contributed by atoms with E-state index in [0.717, 1.165) is 0 Å². The predicted molar refractivity (Wildman–Crippen MR) is 70.5 cm³/mol. The van der Waals surface area contributed by atoms with Crippen LogP contribution in [-0.4, -0.2) is 22.7 Å². The molecule has 0 unspecified atom stereocenters. The molecule has 7 heteroatoms. The molecule has 4 N–H and O–H groups in total. The van der Waals surface area contributed by atoms with Gasteiger partial charge in [-0.05, 0) is 30.3 Å². The van der Waals surface area contributed by atoms with Crippen molar-refractivity contribution in [2.45, 2.75) is 0 Å². The second-order valence-electron chi connectivity index (χ2n) is 3.38. The molecule has 6 nitrogen and oxygen atoms in total. The van der Waals surface area contributed by atoms with E-state index in [-0.39, 0.29) is 17.0 Å². The molecule has 0 radical (unpaired) electrons. The summed E-state index contributed by atoms with van der Waals surface area (Å²) >= 11 is 5.76. The van der Waals surface area contributed by atoms with Crippen molar-refractivity contribution in [3.63, 3.8) is 0 Å². The van der Waals surface area contributed by atoms with Crippen LogP contribution in [0.4, 0.5) is 0 Å². The number of carbonyl (C=O) groups is 1. The normalized spacial score (nSPS) is 10.2. The Hall–Kier alpha value is -2.31. The fourth-order valence-electron chi connectivity index (χ4n) is 1.25. The molecule has 0 aliphatic heterocycles. The van der Waals surface area contributed by atoms with Crippen LogP contribution in [0.2, 0.25) is 5.02 Å². The summed E-state index contributed by atoms with van der Waals surface area (Å²) in [7, 11) is 0. The summed E-state index contributed by atoms with van der Waals surface area (Å²) in [5.74, 6) is -0.296. The number of nitrogens with one attached hydrogen (secondary N) is 1. The molecule has 1 heterocycles. The van der Waals surface area contributed by atoms with E-state index in [2.05, 4.69) is 10.5 Å². The first-order chi connectivity index (χ1) is 8.66. The quantitative estimate of drug-likeness (QED) is 0.659. The van der Waals surface area contributed by atoms with Gasteiger partial charge in [-0.2, -0.15) is 5.10 Å².